The highest BCUT2D eigenvalue weighted by molar-refractivity contribution is 5.94. The van der Waals surface area contributed by atoms with Gasteiger partial charge in [0.15, 0.2) is 0 Å². The van der Waals surface area contributed by atoms with Crippen LogP contribution in [-0.2, 0) is 11.2 Å². The molecule has 0 fully saturated rings. The van der Waals surface area contributed by atoms with Crippen LogP contribution in [0.15, 0.2) is 18.2 Å². The average molecular weight is 190 g/mol. The maximum Gasteiger partial charge on any atom is 0.341 e. The zero-order chi connectivity index (χ0) is 10.1. The van der Waals surface area contributed by atoms with Crippen molar-refractivity contribution in [3.63, 3.8) is 0 Å². The van der Waals surface area contributed by atoms with Gasteiger partial charge in [0.05, 0.1) is 7.11 Å². The van der Waals surface area contributed by atoms with Gasteiger partial charge in [-0.05, 0) is 18.1 Å². The van der Waals surface area contributed by atoms with Crippen molar-refractivity contribution < 1.29 is 14.6 Å². The van der Waals surface area contributed by atoms with Crippen LogP contribution in [0.4, 0.5) is 0 Å². The molecule has 0 radical (unpaired) electrons. The van der Waals surface area contributed by atoms with Gasteiger partial charge in [0, 0.05) is 5.56 Å². The van der Waals surface area contributed by atoms with Crippen LogP contribution >= 0.6 is 0 Å². The number of ether oxygens (including phenoxy) is 1. The summed E-state index contributed by atoms with van der Waals surface area (Å²) in [6.45, 7) is 0. The van der Waals surface area contributed by atoms with E-state index in [0.29, 0.717) is 0 Å². The lowest BCUT2D eigenvalue weighted by molar-refractivity contribution is 0.0597. The summed E-state index contributed by atoms with van der Waals surface area (Å²) in [6, 6.07) is 3.42. The van der Waals surface area contributed by atoms with Gasteiger partial charge in [-0.3, -0.25) is 0 Å². The Morgan fingerprint density at radius 2 is 2.29 bits per heavy atom. The number of aromatic hydroxyl groups is 1. The minimum atomic E-state index is -0.509. The quantitative estimate of drug-likeness (QED) is 0.686. The van der Waals surface area contributed by atoms with Gasteiger partial charge in [-0.2, -0.15) is 0 Å². The van der Waals surface area contributed by atoms with Crippen molar-refractivity contribution in [1.29, 1.82) is 0 Å². The van der Waals surface area contributed by atoms with Crippen molar-refractivity contribution in [3.05, 3.63) is 34.9 Å². The van der Waals surface area contributed by atoms with Crippen LogP contribution in [0.1, 0.15) is 21.5 Å². The molecule has 1 aromatic rings. The summed E-state index contributed by atoms with van der Waals surface area (Å²) in [7, 11) is 1.30. The summed E-state index contributed by atoms with van der Waals surface area (Å²) in [6.07, 6.45) is 4.58. The molecule has 2 rings (SSSR count). The van der Waals surface area contributed by atoms with E-state index in [4.69, 9.17) is 0 Å². The number of carbonyl (C=O) groups is 1. The number of benzene rings is 1. The predicted molar refractivity (Wildman–Crippen MR) is 52.2 cm³/mol. The van der Waals surface area contributed by atoms with E-state index in [-0.39, 0.29) is 11.3 Å². The van der Waals surface area contributed by atoms with E-state index in [9.17, 15) is 9.90 Å². The van der Waals surface area contributed by atoms with E-state index in [1.165, 1.54) is 7.11 Å². The molecule has 0 saturated heterocycles. The first-order chi connectivity index (χ1) is 6.74. The Balaban J connectivity index is 2.54. The second-order valence-corrected chi connectivity index (χ2v) is 3.13. The highest BCUT2D eigenvalue weighted by atomic mass is 16.5. The van der Waals surface area contributed by atoms with E-state index in [1.807, 2.05) is 18.2 Å². The number of rotatable bonds is 1. The highest BCUT2D eigenvalue weighted by Gasteiger charge is 2.17. The van der Waals surface area contributed by atoms with Crippen molar-refractivity contribution in [2.24, 2.45) is 0 Å². The number of fused-ring (bicyclic) bond motifs is 1. The van der Waals surface area contributed by atoms with E-state index in [2.05, 4.69) is 4.74 Å². The van der Waals surface area contributed by atoms with Crippen LogP contribution < -0.4 is 0 Å². The van der Waals surface area contributed by atoms with Crippen LogP contribution in [0.2, 0.25) is 0 Å². The number of phenolic OH excluding ortho intramolecular Hbond substituents is 1. The molecule has 14 heavy (non-hydrogen) atoms. The Morgan fingerprint density at radius 3 is 3.00 bits per heavy atom. The number of carbonyl (C=O) groups excluding carboxylic acids is 1. The van der Waals surface area contributed by atoms with Gasteiger partial charge >= 0.3 is 5.97 Å². The van der Waals surface area contributed by atoms with Crippen LogP contribution in [-0.4, -0.2) is 18.2 Å². The normalized spacial score (nSPS) is 12.6. The van der Waals surface area contributed by atoms with Crippen molar-refractivity contribution in [2.45, 2.75) is 6.42 Å². The van der Waals surface area contributed by atoms with Crippen molar-refractivity contribution in [1.82, 2.24) is 0 Å². The first kappa shape index (κ1) is 8.81. The molecule has 0 spiro atoms. The number of hydrogen-bond donors (Lipinski definition) is 1. The molecule has 1 aliphatic carbocycles. The molecule has 0 aliphatic heterocycles. The largest absolute Gasteiger partial charge is 0.506 e. The predicted octanol–water partition coefficient (Wildman–Crippen LogP) is 1.75. The molecule has 0 aromatic heterocycles. The second kappa shape index (κ2) is 3.18. The molecule has 72 valence electrons. The lowest BCUT2D eigenvalue weighted by atomic mass is 10.0. The molecule has 0 amide bonds. The Morgan fingerprint density at radius 1 is 1.50 bits per heavy atom. The van der Waals surface area contributed by atoms with E-state index < -0.39 is 5.97 Å². The third kappa shape index (κ3) is 1.18. The second-order valence-electron chi connectivity index (χ2n) is 3.13. The van der Waals surface area contributed by atoms with Crippen LogP contribution in [0.5, 0.6) is 5.75 Å². The zero-order valence-corrected chi connectivity index (χ0v) is 7.78. The summed E-state index contributed by atoms with van der Waals surface area (Å²) < 4.78 is 4.55. The van der Waals surface area contributed by atoms with Gasteiger partial charge in [0.25, 0.3) is 0 Å². The van der Waals surface area contributed by atoms with E-state index in [1.54, 1.807) is 6.07 Å². The van der Waals surface area contributed by atoms with Gasteiger partial charge in [-0.15, -0.1) is 0 Å². The Bertz CT molecular complexity index is 419. The summed E-state index contributed by atoms with van der Waals surface area (Å²) >= 11 is 0. The third-order valence-corrected chi connectivity index (χ3v) is 2.33. The monoisotopic (exact) mass is 190 g/mol. The van der Waals surface area contributed by atoms with E-state index >= 15 is 0 Å². The Kier molecular flexibility index (Phi) is 2.00. The van der Waals surface area contributed by atoms with Crippen molar-refractivity contribution in [2.75, 3.05) is 7.11 Å². The van der Waals surface area contributed by atoms with Gasteiger partial charge < -0.3 is 9.84 Å². The Labute approximate surface area is 81.6 Å². The number of phenols is 1. The SMILES string of the molecule is COC(=O)c1ccc2c(c1O)C=CC2. The van der Waals surface area contributed by atoms with Crippen LogP contribution in [0.3, 0.4) is 0 Å². The number of allylic oxidation sites excluding steroid dienone is 1. The molecule has 3 heteroatoms. The molecule has 3 nitrogen and oxygen atoms in total. The van der Waals surface area contributed by atoms with Gasteiger partial charge in [0.2, 0.25) is 0 Å². The summed E-state index contributed by atoms with van der Waals surface area (Å²) in [5, 5.41) is 9.76. The maximum atomic E-state index is 11.2. The summed E-state index contributed by atoms with van der Waals surface area (Å²) in [4.78, 5) is 11.2. The molecule has 1 aromatic carbocycles. The van der Waals surface area contributed by atoms with Gasteiger partial charge in [0.1, 0.15) is 11.3 Å². The molecule has 1 aliphatic rings. The molecule has 0 atom stereocenters. The lowest BCUT2D eigenvalue weighted by Crippen LogP contribution is -2.02. The van der Waals surface area contributed by atoms with E-state index in [0.717, 1.165) is 17.5 Å². The first-order valence-electron chi connectivity index (χ1n) is 4.33. The van der Waals surface area contributed by atoms with Crippen LogP contribution in [0, 0.1) is 0 Å². The van der Waals surface area contributed by atoms with Crippen molar-refractivity contribution >= 4 is 12.0 Å². The van der Waals surface area contributed by atoms with Crippen LogP contribution in [0.25, 0.3) is 6.08 Å². The molecule has 0 saturated carbocycles. The highest BCUT2D eigenvalue weighted by Crippen LogP contribution is 2.31. The first-order valence-corrected chi connectivity index (χ1v) is 4.33. The summed E-state index contributed by atoms with van der Waals surface area (Å²) in [5.74, 6) is -0.492. The lowest BCUT2D eigenvalue weighted by Gasteiger charge is -2.06. The standard InChI is InChI=1S/C11H10O3/c1-14-11(13)9-6-5-7-3-2-4-8(7)10(9)12/h2,4-6,12H,3H2,1H3. The minimum absolute atomic E-state index is 0.0168. The number of methoxy groups -OCH3 is 1. The fraction of sp³-hybridized carbons (Fsp3) is 0.182. The fourth-order valence-electron chi connectivity index (χ4n) is 1.59. The topological polar surface area (TPSA) is 46.5 Å². The molecule has 0 heterocycles. The fourth-order valence-corrected chi connectivity index (χ4v) is 1.59. The minimum Gasteiger partial charge on any atom is -0.506 e. The number of esters is 1. The summed E-state index contributed by atoms with van der Waals surface area (Å²) in [5.41, 5.74) is 1.99. The molecule has 0 unspecified atom stereocenters. The average Bonchev–Trinajstić information content (AvgIpc) is 2.66. The van der Waals surface area contributed by atoms with Gasteiger partial charge in [-0.25, -0.2) is 4.79 Å². The Hall–Kier alpha value is -1.77. The molecular weight excluding hydrogens is 180 g/mol. The molecule has 1 N–H and O–H groups in total. The smallest absolute Gasteiger partial charge is 0.341 e. The van der Waals surface area contributed by atoms with Gasteiger partial charge in [-0.1, -0.05) is 18.2 Å². The third-order valence-electron chi connectivity index (χ3n) is 2.33. The number of hydrogen-bond acceptors (Lipinski definition) is 3. The maximum absolute atomic E-state index is 11.2. The molecule has 0 bridgehead atoms. The molecular formula is C11H10O3. The zero-order valence-electron chi connectivity index (χ0n) is 7.78. The van der Waals surface area contributed by atoms with Crippen molar-refractivity contribution in [3.8, 4) is 5.75 Å².